The van der Waals surface area contributed by atoms with Crippen LogP contribution in [0.5, 0.6) is 0 Å². The van der Waals surface area contributed by atoms with Crippen LogP contribution < -0.4 is 0 Å². The van der Waals surface area contributed by atoms with Gasteiger partial charge in [0, 0.05) is 10.8 Å². The third-order valence-corrected chi connectivity index (χ3v) is 3.73. The van der Waals surface area contributed by atoms with Gasteiger partial charge in [-0.2, -0.15) is 0 Å². The van der Waals surface area contributed by atoms with Gasteiger partial charge in [-0.3, -0.25) is 0 Å². The molecule has 0 aliphatic carbocycles. The van der Waals surface area contributed by atoms with Crippen molar-refractivity contribution in [2.75, 3.05) is 0 Å². The molecule has 1 heteroatoms. The molecule has 0 fully saturated rings. The molecule has 1 heterocycles. The van der Waals surface area contributed by atoms with Gasteiger partial charge in [-0.05, 0) is 30.9 Å². The molecule has 0 atom stereocenters. The second-order valence-corrected chi connectivity index (χ2v) is 7.28. The van der Waals surface area contributed by atoms with Crippen LogP contribution in [0.1, 0.15) is 79.2 Å². The zero-order valence-electron chi connectivity index (χ0n) is 13.3. The van der Waals surface area contributed by atoms with Gasteiger partial charge in [0.2, 0.25) is 0 Å². The predicted octanol–water partition coefficient (Wildman–Crippen LogP) is 5.68. The molecular formula is C17H30O. The van der Waals surface area contributed by atoms with Crippen molar-refractivity contribution in [1.29, 1.82) is 0 Å². The van der Waals surface area contributed by atoms with Gasteiger partial charge < -0.3 is 4.42 Å². The molecule has 1 rings (SSSR count). The molecule has 18 heavy (non-hydrogen) atoms. The molecule has 0 unspecified atom stereocenters. The Bertz CT molecular complexity index is 369. The highest BCUT2D eigenvalue weighted by molar-refractivity contribution is 5.20. The van der Waals surface area contributed by atoms with E-state index in [9.17, 15) is 0 Å². The van der Waals surface area contributed by atoms with E-state index >= 15 is 0 Å². The maximum atomic E-state index is 6.17. The Hall–Kier alpha value is -0.720. The predicted molar refractivity (Wildman–Crippen MR) is 79.1 cm³/mol. The summed E-state index contributed by atoms with van der Waals surface area (Å²) in [6.07, 6.45) is 3.52. The van der Waals surface area contributed by atoms with Crippen molar-refractivity contribution in [3.63, 3.8) is 0 Å². The summed E-state index contributed by atoms with van der Waals surface area (Å²) in [5.41, 5.74) is 0.287. The summed E-state index contributed by atoms with van der Waals surface area (Å²) in [5.74, 6) is 2.96. The van der Waals surface area contributed by atoms with Crippen LogP contribution in [-0.2, 0) is 10.8 Å². The molecule has 0 aromatic carbocycles. The molecule has 0 amide bonds. The van der Waals surface area contributed by atoms with Gasteiger partial charge in [0.15, 0.2) is 0 Å². The first-order chi connectivity index (χ1) is 8.19. The quantitative estimate of drug-likeness (QED) is 0.633. The van der Waals surface area contributed by atoms with Crippen molar-refractivity contribution in [3.05, 3.63) is 23.7 Å². The van der Waals surface area contributed by atoms with Crippen LogP contribution in [0.3, 0.4) is 0 Å². The van der Waals surface area contributed by atoms with Gasteiger partial charge in [-0.15, -0.1) is 0 Å². The number of hydrogen-bond acceptors (Lipinski definition) is 1. The lowest BCUT2D eigenvalue weighted by Gasteiger charge is -2.25. The Balaban J connectivity index is 2.92. The van der Waals surface area contributed by atoms with Crippen molar-refractivity contribution >= 4 is 0 Å². The minimum Gasteiger partial charge on any atom is -0.465 e. The minimum absolute atomic E-state index is 0.134. The molecule has 0 N–H and O–H groups in total. The van der Waals surface area contributed by atoms with E-state index in [1.165, 1.54) is 12.8 Å². The molecule has 0 aliphatic heterocycles. The van der Waals surface area contributed by atoms with E-state index in [0.717, 1.165) is 17.9 Å². The van der Waals surface area contributed by atoms with Crippen LogP contribution >= 0.6 is 0 Å². The summed E-state index contributed by atoms with van der Waals surface area (Å²) >= 11 is 0. The van der Waals surface area contributed by atoms with Crippen molar-refractivity contribution in [2.24, 2.45) is 5.92 Å². The smallest absolute Gasteiger partial charge is 0.109 e. The second kappa shape index (κ2) is 5.50. The minimum atomic E-state index is 0.134. The van der Waals surface area contributed by atoms with Crippen LogP contribution in [0.4, 0.5) is 0 Å². The molecule has 104 valence electrons. The number of rotatable bonds is 6. The normalized spacial score (nSPS) is 13.3. The molecule has 0 bridgehead atoms. The zero-order chi connectivity index (χ0) is 14.0. The highest BCUT2D eigenvalue weighted by atomic mass is 16.3. The maximum Gasteiger partial charge on any atom is 0.109 e. The molecule has 0 saturated heterocycles. The van der Waals surface area contributed by atoms with Crippen LogP contribution in [0.15, 0.2) is 16.5 Å². The van der Waals surface area contributed by atoms with E-state index in [0.29, 0.717) is 5.92 Å². The summed E-state index contributed by atoms with van der Waals surface area (Å²) in [4.78, 5) is 0. The van der Waals surface area contributed by atoms with Crippen LogP contribution in [0.2, 0.25) is 0 Å². The van der Waals surface area contributed by atoms with E-state index < -0.39 is 0 Å². The molecular weight excluding hydrogens is 220 g/mol. The van der Waals surface area contributed by atoms with E-state index in [1.54, 1.807) is 0 Å². The second-order valence-electron chi connectivity index (χ2n) is 7.28. The average molecular weight is 250 g/mol. The van der Waals surface area contributed by atoms with Gasteiger partial charge in [0.05, 0.1) is 0 Å². The Morgan fingerprint density at radius 1 is 1.00 bits per heavy atom. The molecule has 0 spiro atoms. The van der Waals surface area contributed by atoms with Gasteiger partial charge in [0.1, 0.15) is 11.5 Å². The molecule has 0 aliphatic rings. The number of furan rings is 1. The Morgan fingerprint density at radius 3 is 1.94 bits per heavy atom. The Kier molecular flexibility index (Phi) is 4.69. The highest BCUT2D eigenvalue weighted by Crippen LogP contribution is 2.36. The molecule has 1 nitrogen and oxygen atoms in total. The lowest BCUT2D eigenvalue weighted by Crippen LogP contribution is -2.19. The van der Waals surface area contributed by atoms with Crippen molar-refractivity contribution in [2.45, 2.75) is 78.6 Å². The van der Waals surface area contributed by atoms with Crippen LogP contribution in [0.25, 0.3) is 0 Å². The Labute approximate surface area is 113 Å². The Morgan fingerprint density at radius 2 is 1.50 bits per heavy atom. The zero-order valence-corrected chi connectivity index (χ0v) is 13.3. The standard InChI is InChI=1S/C17H30O/c1-8-11-16(4,5)14-9-10-15(18-14)17(6,7)12-13(2)3/h9-10,13H,8,11-12H2,1-7H3. The van der Waals surface area contributed by atoms with Crippen molar-refractivity contribution < 1.29 is 4.42 Å². The van der Waals surface area contributed by atoms with E-state index in [4.69, 9.17) is 4.42 Å². The van der Waals surface area contributed by atoms with Gasteiger partial charge in [-0.1, -0.05) is 54.9 Å². The fourth-order valence-electron chi connectivity index (χ4n) is 2.93. The van der Waals surface area contributed by atoms with Gasteiger partial charge >= 0.3 is 0 Å². The molecule has 1 aromatic rings. The SMILES string of the molecule is CCCC(C)(C)c1ccc(C(C)(C)CC(C)C)o1. The van der Waals surface area contributed by atoms with Gasteiger partial charge in [-0.25, -0.2) is 0 Å². The maximum absolute atomic E-state index is 6.17. The van der Waals surface area contributed by atoms with E-state index in [2.05, 4.69) is 60.6 Å². The van der Waals surface area contributed by atoms with Crippen molar-refractivity contribution in [1.82, 2.24) is 0 Å². The largest absolute Gasteiger partial charge is 0.465 e. The van der Waals surface area contributed by atoms with Crippen LogP contribution in [-0.4, -0.2) is 0 Å². The summed E-state index contributed by atoms with van der Waals surface area (Å²) in [7, 11) is 0. The van der Waals surface area contributed by atoms with E-state index in [-0.39, 0.29) is 10.8 Å². The summed E-state index contributed by atoms with van der Waals surface area (Å²) in [6.45, 7) is 15.9. The highest BCUT2D eigenvalue weighted by Gasteiger charge is 2.29. The van der Waals surface area contributed by atoms with Crippen LogP contribution in [0, 0.1) is 5.92 Å². The average Bonchev–Trinajstić information content (AvgIpc) is 2.64. The number of hydrogen-bond donors (Lipinski definition) is 0. The first-order valence-corrected chi connectivity index (χ1v) is 7.30. The topological polar surface area (TPSA) is 13.1 Å². The third-order valence-electron chi connectivity index (χ3n) is 3.73. The monoisotopic (exact) mass is 250 g/mol. The fraction of sp³-hybridized carbons (Fsp3) is 0.765. The summed E-state index contributed by atoms with van der Waals surface area (Å²) in [5, 5.41) is 0. The first-order valence-electron chi connectivity index (χ1n) is 7.30. The molecule has 1 aromatic heterocycles. The molecule has 0 saturated carbocycles. The summed E-state index contributed by atoms with van der Waals surface area (Å²) in [6, 6.07) is 4.35. The lowest BCUT2D eigenvalue weighted by molar-refractivity contribution is 0.286. The first kappa shape index (κ1) is 15.3. The lowest BCUT2D eigenvalue weighted by atomic mass is 9.82. The fourth-order valence-corrected chi connectivity index (χ4v) is 2.93. The van der Waals surface area contributed by atoms with Crippen molar-refractivity contribution in [3.8, 4) is 0 Å². The molecule has 0 radical (unpaired) electrons. The van der Waals surface area contributed by atoms with E-state index in [1.807, 2.05) is 0 Å². The third kappa shape index (κ3) is 3.63. The summed E-state index contributed by atoms with van der Waals surface area (Å²) < 4.78 is 6.17. The van der Waals surface area contributed by atoms with Gasteiger partial charge in [0.25, 0.3) is 0 Å².